The summed E-state index contributed by atoms with van der Waals surface area (Å²) in [6.45, 7) is 4.06. The van der Waals surface area contributed by atoms with E-state index in [9.17, 15) is 9.18 Å². The molecule has 1 aliphatic heterocycles. The SMILES string of the molecule is O=C(C=Cc1ccccc1Cl)N1CCN(CCc2ccc(F)cc2)CC1. The lowest BCUT2D eigenvalue weighted by Crippen LogP contribution is -2.48. The highest BCUT2D eigenvalue weighted by Gasteiger charge is 2.19. The summed E-state index contributed by atoms with van der Waals surface area (Å²) in [7, 11) is 0. The molecule has 3 rings (SSSR count). The lowest BCUT2D eigenvalue weighted by Gasteiger charge is -2.34. The van der Waals surface area contributed by atoms with Gasteiger partial charge >= 0.3 is 0 Å². The average Bonchev–Trinajstić information content (AvgIpc) is 2.67. The Labute approximate surface area is 158 Å². The van der Waals surface area contributed by atoms with E-state index in [1.54, 1.807) is 12.2 Å². The highest BCUT2D eigenvalue weighted by Crippen LogP contribution is 2.16. The summed E-state index contributed by atoms with van der Waals surface area (Å²) < 4.78 is 12.9. The molecule has 0 atom stereocenters. The first-order valence-corrected chi connectivity index (χ1v) is 9.18. The van der Waals surface area contributed by atoms with Gasteiger partial charge in [0.2, 0.25) is 5.91 Å². The summed E-state index contributed by atoms with van der Waals surface area (Å²) in [5, 5.41) is 0.641. The normalized spacial score (nSPS) is 15.5. The van der Waals surface area contributed by atoms with Crippen LogP contribution in [-0.2, 0) is 11.2 Å². The van der Waals surface area contributed by atoms with Crippen LogP contribution in [0.1, 0.15) is 11.1 Å². The molecule has 1 aliphatic rings. The third kappa shape index (κ3) is 5.16. The van der Waals surface area contributed by atoms with Crippen LogP contribution in [0.25, 0.3) is 6.08 Å². The standard InChI is InChI=1S/C21H22ClFN2O/c22-20-4-2-1-3-18(20)7-10-21(26)25-15-13-24(14-16-25)12-11-17-5-8-19(23)9-6-17/h1-10H,11-16H2. The molecule has 1 amide bonds. The molecule has 1 heterocycles. The second-order valence-corrected chi connectivity index (χ2v) is 6.81. The van der Waals surface area contributed by atoms with E-state index < -0.39 is 0 Å². The van der Waals surface area contributed by atoms with Crippen LogP contribution in [0.3, 0.4) is 0 Å². The number of nitrogens with zero attached hydrogens (tertiary/aromatic N) is 2. The molecule has 1 saturated heterocycles. The molecule has 0 N–H and O–H groups in total. The highest BCUT2D eigenvalue weighted by atomic mass is 35.5. The fourth-order valence-electron chi connectivity index (χ4n) is 3.01. The molecular weight excluding hydrogens is 351 g/mol. The van der Waals surface area contributed by atoms with Gasteiger partial charge in [0, 0.05) is 43.8 Å². The van der Waals surface area contributed by atoms with Crippen LogP contribution in [-0.4, -0.2) is 48.4 Å². The Morgan fingerprint density at radius 2 is 1.73 bits per heavy atom. The van der Waals surface area contributed by atoms with Crippen molar-refractivity contribution in [1.29, 1.82) is 0 Å². The lowest BCUT2D eigenvalue weighted by molar-refractivity contribution is -0.127. The van der Waals surface area contributed by atoms with Gasteiger partial charge in [0.1, 0.15) is 5.82 Å². The molecule has 0 aliphatic carbocycles. The first-order chi connectivity index (χ1) is 12.6. The topological polar surface area (TPSA) is 23.6 Å². The van der Waals surface area contributed by atoms with Crippen molar-refractivity contribution in [3.05, 3.63) is 76.6 Å². The number of carbonyl (C=O) groups is 1. The van der Waals surface area contributed by atoms with E-state index in [0.29, 0.717) is 5.02 Å². The van der Waals surface area contributed by atoms with Crippen molar-refractivity contribution < 1.29 is 9.18 Å². The molecule has 2 aromatic carbocycles. The van der Waals surface area contributed by atoms with Crippen molar-refractivity contribution in [3.63, 3.8) is 0 Å². The number of rotatable bonds is 5. The fourth-order valence-corrected chi connectivity index (χ4v) is 3.21. The Kier molecular flexibility index (Phi) is 6.42. The van der Waals surface area contributed by atoms with Crippen molar-refractivity contribution >= 4 is 23.6 Å². The molecule has 0 saturated carbocycles. The predicted molar refractivity (Wildman–Crippen MR) is 104 cm³/mol. The molecular formula is C21H22ClFN2O. The monoisotopic (exact) mass is 372 g/mol. The fraction of sp³-hybridized carbons (Fsp3) is 0.286. The number of amides is 1. The second kappa shape index (κ2) is 8.97. The molecule has 0 unspecified atom stereocenters. The summed E-state index contributed by atoms with van der Waals surface area (Å²) >= 11 is 6.10. The van der Waals surface area contributed by atoms with E-state index in [1.165, 1.54) is 12.1 Å². The van der Waals surface area contributed by atoms with E-state index in [4.69, 9.17) is 11.6 Å². The number of hydrogen-bond donors (Lipinski definition) is 0. The minimum atomic E-state index is -0.203. The molecule has 0 aromatic heterocycles. The van der Waals surface area contributed by atoms with E-state index in [0.717, 1.165) is 50.3 Å². The van der Waals surface area contributed by atoms with Gasteiger partial charge in [-0.1, -0.05) is 41.9 Å². The molecule has 5 heteroatoms. The predicted octanol–water partition coefficient (Wildman–Crippen LogP) is 3.88. The summed E-state index contributed by atoms with van der Waals surface area (Å²) in [5.74, 6) is -0.186. The molecule has 3 nitrogen and oxygen atoms in total. The van der Waals surface area contributed by atoms with E-state index >= 15 is 0 Å². The lowest BCUT2D eigenvalue weighted by atomic mass is 10.1. The first-order valence-electron chi connectivity index (χ1n) is 8.80. The minimum absolute atomic E-state index is 0.0168. The Bertz CT molecular complexity index is 768. The third-order valence-electron chi connectivity index (χ3n) is 4.62. The second-order valence-electron chi connectivity index (χ2n) is 6.40. The quantitative estimate of drug-likeness (QED) is 0.744. The third-order valence-corrected chi connectivity index (χ3v) is 4.97. The van der Waals surface area contributed by atoms with Crippen molar-refractivity contribution in [1.82, 2.24) is 9.80 Å². The number of carbonyl (C=O) groups excluding carboxylic acids is 1. The number of benzene rings is 2. The van der Waals surface area contributed by atoms with Crippen molar-refractivity contribution in [2.75, 3.05) is 32.7 Å². The number of piperazine rings is 1. The van der Waals surface area contributed by atoms with Gasteiger partial charge in [-0.25, -0.2) is 4.39 Å². The summed E-state index contributed by atoms with van der Waals surface area (Å²) in [6.07, 6.45) is 4.25. The van der Waals surface area contributed by atoms with Gasteiger partial charge in [-0.05, 0) is 41.8 Å². The van der Waals surface area contributed by atoms with Gasteiger partial charge in [-0.2, -0.15) is 0 Å². The molecule has 1 fully saturated rings. The number of halogens is 2. The molecule has 2 aromatic rings. The van der Waals surface area contributed by atoms with Gasteiger partial charge in [0.15, 0.2) is 0 Å². The molecule has 136 valence electrons. The van der Waals surface area contributed by atoms with Crippen LogP contribution in [0.15, 0.2) is 54.6 Å². The van der Waals surface area contributed by atoms with Crippen LogP contribution in [0.5, 0.6) is 0 Å². The zero-order valence-electron chi connectivity index (χ0n) is 14.6. The van der Waals surface area contributed by atoms with Gasteiger partial charge < -0.3 is 4.90 Å². The maximum atomic E-state index is 12.9. The number of hydrogen-bond acceptors (Lipinski definition) is 2. The largest absolute Gasteiger partial charge is 0.337 e. The maximum absolute atomic E-state index is 12.9. The van der Waals surface area contributed by atoms with Crippen LogP contribution in [0.4, 0.5) is 4.39 Å². The Hall–Kier alpha value is -2.17. The Balaban J connectivity index is 1.45. The smallest absolute Gasteiger partial charge is 0.246 e. The summed E-state index contributed by atoms with van der Waals surface area (Å²) in [4.78, 5) is 16.5. The zero-order chi connectivity index (χ0) is 18.4. The van der Waals surface area contributed by atoms with E-state index in [2.05, 4.69) is 4.90 Å². The van der Waals surface area contributed by atoms with Crippen LogP contribution in [0.2, 0.25) is 5.02 Å². The summed E-state index contributed by atoms with van der Waals surface area (Å²) in [6, 6.07) is 14.1. The molecule has 0 spiro atoms. The zero-order valence-corrected chi connectivity index (χ0v) is 15.3. The van der Waals surface area contributed by atoms with Gasteiger partial charge in [0.05, 0.1) is 0 Å². The van der Waals surface area contributed by atoms with Gasteiger partial charge in [-0.15, -0.1) is 0 Å². The Morgan fingerprint density at radius 3 is 2.42 bits per heavy atom. The highest BCUT2D eigenvalue weighted by molar-refractivity contribution is 6.32. The molecule has 26 heavy (non-hydrogen) atoms. The van der Waals surface area contributed by atoms with Crippen LogP contribution < -0.4 is 0 Å². The van der Waals surface area contributed by atoms with Crippen molar-refractivity contribution in [2.45, 2.75) is 6.42 Å². The van der Waals surface area contributed by atoms with E-state index in [-0.39, 0.29) is 11.7 Å². The first kappa shape index (κ1) is 18.6. The average molecular weight is 373 g/mol. The van der Waals surface area contributed by atoms with Crippen molar-refractivity contribution in [2.24, 2.45) is 0 Å². The van der Waals surface area contributed by atoms with Crippen molar-refractivity contribution in [3.8, 4) is 0 Å². The minimum Gasteiger partial charge on any atom is -0.337 e. The van der Waals surface area contributed by atoms with E-state index in [1.807, 2.05) is 41.3 Å². The molecule has 0 radical (unpaired) electrons. The van der Waals surface area contributed by atoms with Gasteiger partial charge in [-0.3, -0.25) is 9.69 Å². The molecule has 0 bridgehead atoms. The summed E-state index contributed by atoms with van der Waals surface area (Å²) in [5.41, 5.74) is 1.98. The van der Waals surface area contributed by atoms with Gasteiger partial charge in [0.25, 0.3) is 0 Å². The Morgan fingerprint density at radius 1 is 1.04 bits per heavy atom. The van der Waals surface area contributed by atoms with Crippen LogP contribution >= 0.6 is 11.6 Å². The maximum Gasteiger partial charge on any atom is 0.246 e. The van der Waals surface area contributed by atoms with Crippen LogP contribution in [0, 0.1) is 5.82 Å².